The van der Waals surface area contributed by atoms with Crippen molar-refractivity contribution in [3.8, 4) is 11.5 Å². The fourth-order valence-electron chi connectivity index (χ4n) is 5.03. The number of rotatable bonds is 8. The van der Waals surface area contributed by atoms with E-state index in [0.29, 0.717) is 13.0 Å². The number of carbonyl (C=O) groups is 1. The maximum Gasteiger partial charge on any atom is 0.235 e. The molecule has 34 heavy (non-hydrogen) atoms. The molecule has 3 nitrogen and oxygen atoms in total. The third kappa shape index (κ3) is 4.34. The Bertz CT molecular complexity index is 1210. The first-order chi connectivity index (χ1) is 16.8. The van der Waals surface area contributed by atoms with Crippen molar-refractivity contribution < 1.29 is 9.53 Å². The molecule has 0 saturated heterocycles. The van der Waals surface area contributed by atoms with E-state index >= 15 is 0 Å². The Morgan fingerprint density at radius 1 is 0.647 bits per heavy atom. The predicted octanol–water partition coefficient (Wildman–Crippen LogP) is 6.46. The fraction of sp³-hybridized carbons (Fsp3) is 0.194. The minimum absolute atomic E-state index is 0.0414. The van der Waals surface area contributed by atoms with E-state index < -0.39 is 5.41 Å². The molecule has 0 aliphatic carbocycles. The van der Waals surface area contributed by atoms with Gasteiger partial charge >= 0.3 is 0 Å². The van der Waals surface area contributed by atoms with Crippen LogP contribution < -0.4 is 10.1 Å². The number of benzene rings is 4. The summed E-state index contributed by atoms with van der Waals surface area (Å²) in [6.07, 6.45) is 3.31. The van der Waals surface area contributed by atoms with Gasteiger partial charge in [0.1, 0.15) is 16.9 Å². The van der Waals surface area contributed by atoms with Gasteiger partial charge in [0.25, 0.3) is 0 Å². The lowest BCUT2D eigenvalue weighted by Crippen LogP contribution is -2.47. The van der Waals surface area contributed by atoms with Crippen LogP contribution in [0.3, 0.4) is 0 Å². The summed E-state index contributed by atoms with van der Waals surface area (Å²) in [5, 5.41) is 3.28. The van der Waals surface area contributed by atoms with Gasteiger partial charge in [-0.25, -0.2) is 0 Å². The third-order valence-electron chi connectivity index (χ3n) is 6.70. The quantitative estimate of drug-likeness (QED) is 0.337. The number of amides is 1. The van der Waals surface area contributed by atoms with Gasteiger partial charge in [0.05, 0.1) is 0 Å². The summed E-state index contributed by atoms with van der Waals surface area (Å²) >= 11 is 0. The van der Waals surface area contributed by atoms with Crippen molar-refractivity contribution in [2.75, 3.05) is 6.54 Å². The summed E-state index contributed by atoms with van der Waals surface area (Å²) in [6, 6.07) is 36.7. The molecule has 1 heterocycles. The van der Waals surface area contributed by atoms with Gasteiger partial charge in [0, 0.05) is 17.7 Å². The third-order valence-corrected chi connectivity index (χ3v) is 6.70. The molecular formula is C31H29NO2. The molecule has 4 aromatic rings. The molecule has 0 unspecified atom stereocenters. The second kappa shape index (κ2) is 9.96. The average Bonchev–Trinajstić information content (AvgIpc) is 2.89. The number of nitrogens with one attached hydrogen (secondary N) is 1. The number of fused-ring (bicyclic) bond motifs is 2. The van der Waals surface area contributed by atoms with Crippen LogP contribution in [0.1, 0.15) is 35.1 Å². The van der Waals surface area contributed by atoms with E-state index in [9.17, 15) is 4.79 Å². The second-order valence-electron chi connectivity index (χ2n) is 8.83. The molecule has 0 bridgehead atoms. The standard InChI is InChI=1S/C31H29NO2/c33-30(32-23-21-25-14-5-2-6-15-25)31(22-11-16-24-12-3-1-4-13-24)26-17-7-9-19-28(26)34-29-20-10-8-18-27(29)31/h1-10,12-15,17-20H,11,16,21-23H2,(H,32,33). The van der Waals surface area contributed by atoms with Crippen LogP contribution in [0.15, 0.2) is 109 Å². The van der Waals surface area contributed by atoms with Gasteiger partial charge in [-0.05, 0) is 48.9 Å². The zero-order chi connectivity index (χ0) is 23.2. The number of carbonyl (C=O) groups excluding carboxylic acids is 1. The minimum atomic E-state index is -0.795. The van der Waals surface area contributed by atoms with Gasteiger partial charge in [-0.1, -0.05) is 97.1 Å². The van der Waals surface area contributed by atoms with Crippen molar-refractivity contribution in [2.45, 2.75) is 31.1 Å². The smallest absolute Gasteiger partial charge is 0.235 e. The first-order valence-electron chi connectivity index (χ1n) is 12.0. The maximum absolute atomic E-state index is 14.1. The number of hydrogen-bond donors (Lipinski definition) is 1. The average molecular weight is 448 g/mol. The first kappa shape index (κ1) is 22.0. The van der Waals surface area contributed by atoms with Crippen molar-refractivity contribution >= 4 is 5.91 Å². The van der Waals surface area contributed by atoms with Crippen LogP contribution in [-0.4, -0.2) is 12.5 Å². The van der Waals surface area contributed by atoms with Crippen molar-refractivity contribution in [2.24, 2.45) is 0 Å². The highest BCUT2D eigenvalue weighted by atomic mass is 16.5. The lowest BCUT2D eigenvalue weighted by atomic mass is 9.68. The second-order valence-corrected chi connectivity index (χ2v) is 8.83. The first-order valence-corrected chi connectivity index (χ1v) is 12.0. The van der Waals surface area contributed by atoms with Crippen LogP contribution in [0.4, 0.5) is 0 Å². The highest BCUT2D eigenvalue weighted by Crippen LogP contribution is 2.50. The molecule has 0 fully saturated rings. The molecule has 0 aromatic heterocycles. The van der Waals surface area contributed by atoms with Crippen LogP contribution in [0.2, 0.25) is 0 Å². The van der Waals surface area contributed by atoms with Crippen molar-refractivity contribution in [1.82, 2.24) is 5.32 Å². The van der Waals surface area contributed by atoms with Gasteiger partial charge in [0.15, 0.2) is 0 Å². The molecule has 0 saturated carbocycles. The Labute approximate surface area is 201 Å². The number of para-hydroxylation sites is 2. The van der Waals surface area contributed by atoms with E-state index in [1.165, 1.54) is 11.1 Å². The molecule has 1 aliphatic heterocycles. The Kier molecular flexibility index (Phi) is 6.44. The molecule has 1 aliphatic rings. The molecule has 3 heteroatoms. The van der Waals surface area contributed by atoms with Crippen LogP contribution in [0.5, 0.6) is 11.5 Å². The fourth-order valence-corrected chi connectivity index (χ4v) is 5.03. The zero-order valence-corrected chi connectivity index (χ0v) is 19.2. The molecule has 1 amide bonds. The van der Waals surface area contributed by atoms with Crippen LogP contribution >= 0.6 is 0 Å². The molecular weight excluding hydrogens is 418 g/mol. The maximum atomic E-state index is 14.1. The Balaban J connectivity index is 1.47. The lowest BCUT2D eigenvalue weighted by molar-refractivity contribution is -0.125. The van der Waals surface area contributed by atoms with Crippen molar-refractivity contribution in [1.29, 1.82) is 0 Å². The summed E-state index contributed by atoms with van der Waals surface area (Å²) in [5.41, 5.74) is 3.60. The van der Waals surface area contributed by atoms with E-state index in [2.05, 4.69) is 41.7 Å². The minimum Gasteiger partial charge on any atom is -0.457 e. The van der Waals surface area contributed by atoms with Crippen LogP contribution in [0.25, 0.3) is 0 Å². The highest BCUT2D eigenvalue weighted by molar-refractivity contribution is 5.94. The van der Waals surface area contributed by atoms with E-state index in [1.807, 2.05) is 72.8 Å². The van der Waals surface area contributed by atoms with Gasteiger partial charge < -0.3 is 10.1 Å². The number of hydrogen-bond acceptors (Lipinski definition) is 2. The monoisotopic (exact) mass is 447 g/mol. The van der Waals surface area contributed by atoms with Crippen molar-refractivity contribution in [3.05, 3.63) is 131 Å². The SMILES string of the molecule is O=C(NCCc1ccccc1)C1(CCCc2ccccc2)c2ccccc2Oc2ccccc21. The summed E-state index contributed by atoms with van der Waals surface area (Å²) < 4.78 is 6.24. The Hall–Kier alpha value is -3.85. The number of aryl methyl sites for hydroxylation is 1. The van der Waals surface area contributed by atoms with Gasteiger partial charge in [-0.3, -0.25) is 4.79 Å². The lowest BCUT2D eigenvalue weighted by Gasteiger charge is -2.39. The summed E-state index contributed by atoms with van der Waals surface area (Å²) in [7, 11) is 0. The van der Waals surface area contributed by atoms with Gasteiger partial charge in [0.2, 0.25) is 5.91 Å². The molecule has 4 aromatic carbocycles. The predicted molar refractivity (Wildman–Crippen MR) is 136 cm³/mol. The van der Waals surface area contributed by atoms with E-state index in [1.54, 1.807) is 0 Å². The largest absolute Gasteiger partial charge is 0.457 e. The molecule has 1 N–H and O–H groups in total. The summed E-state index contributed by atoms with van der Waals surface area (Å²) in [6.45, 7) is 0.592. The molecule has 5 rings (SSSR count). The van der Waals surface area contributed by atoms with E-state index in [4.69, 9.17) is 4.74 Å². The topological polar surface area (TPSA) is 38.3 Å². The molecule has 0 radical (unpaired) electrons. The summed E-state index contributed by atoms with van der Waals surface area (Å²) in [4.78, 5) is 14.1. The molecule has 0 atom stereocenters. The summed E-state index contributed by atoms with van der Waals surface area (Å²) in [5.74, 6) is 1.57. The van der Waals surface area contributed by atoms with E-state index in [-0.39, 0.29) is 5.91 Å². The Morgan fingerprint density at radius 2 is 1.15 bits per heavy atom. The van der Waals surface area contributed by atoms with E-state index in [0.717, 1.165) is 41.9 Å². The van der Waals surface area contributed by atoms with Gasteiger partial charge in [-0.15, -0.1) is 0 Å². The van der Waals surface area contributed by atoms with Crippen LogP contribution in [0, 0.1) is 0 Å². The van der Waals surface area contributed by atoms with Gasteiger partial charge in [-0.2, -0.15) is 0 Å². The molecule has 0 spiro atoms. The number of ether oxygens (including phenoxy) is 1. The zero-order valence-electron chi connectivity index (χ0n) is 19.2. The van der Waals surface area contributed by atoms with Crippen molar-refractivity contribution in [3.63, 3.8) is 0 Å². The molecule has 170 valence electrons. The normalized spacial score (nSPS) is 13.3. The van der Waals surface area contributed by atoms with Crippen LogP contribution in [-0.2, 0) is 23.1 Å². The Morgan fingerprint density at radius 3 is 1.74 bits per heavy atom. The highest BCUT2D eigenvalue weighted by Gasteiger charge is 2.47.